The molecule has 0 radical (unpaired) electrons. The van der Waals surface area contributed by atoms with Crippen LogP contribution in [0.2, 0.25) is 0 Å². The molecule has 5 rings (SSSR count). The molecule has 2 aromatic heterocycles. The monoisotopic (exact) mass is 807 g/mol. The van der Waals surface area contributed by atoms with Crippen LogP contribution in [0.3, 0.4) is 0 Å². The van der Waals surface area contributed by atoms with Gasteiger partial charge in [-0.1, -0.05) is 102 Å². The lowest BCUT2D eigenvalue weighted by Gasteiger charge is -2.36. The van der Waals surface area contributed by atoms with Gasteiger partial charge in [-0.3, -0.25) is 20.0 Å². The minimum atomic E-state index is -1.21. The normalized spacial score (nSPS) is 15.6. The van der Waals surface area contributed by atoms with E-state index in [1.165, 1.54) is 7.11 Å². The van der Waals surface area contributed by atoms with E-state index in [-0.39, 0.29) is 37.4 Å². The van der Waals surface area contributed by atoms with E-state index in [0.29, 0.717) is 26.1 Å². The number of rotatable bonds is 18. The number of methoxy groups -OCH3 is 1. The predicted molar refractivity (Wildman–Crippen MR) is 223 cm³/mol. The molecule has 3 heterocycles. The van der Waals surface area contributed by atoms with Gasteiger partial charge in [0.25, 0.3) is 5.91 Å². The summed E-state index contributed by atoms with van der Waals surface area (Å²) in [6.07, 6.45) is 3.86. The zero-order valence-corrected chi connectivity index (χ0v) is 34.7. The Labute approximate surface area is 346 Å². The van der Waals surface area contributed by atoms with Crippen LogP contribution < -0.4 is 16.1 Å². The van der Waals surface area contributed by atoms with Gasteiger partial charge in [0.2, 0.25) is 5.91 Å². The van der Waals surface area contributed by atoms with Gasteiger partial charge in [0.15, 0.2) is 0 Å². The molecule has 314 valence electrons. The molecule has 1 aliphatic heterocycles. The lowest BCUT2D eigenvalue weighted by atomic mass is 9.86. The Hall–Kier alpha value is -5.93. The van der Waals surface area contributed by atoms with Crippen LogP contribution in [0.5, 0.6) is 0 Å². The molecular weight excluding hydrogens is 751 g/mol. The molecule has 0 bridgehead atoms. The molecule has 1 aliphatic rings. The Morgan fingerprint density at radius 2 is 1.61 bits per heavy atom. The molecule has 5 amide bonds. The summed E-state index contributed by atoms with van der Waals surface area (Å²) in [7, 11) is 1.23. The SMILES string of the molecule is CCC(C)C(C(=O)N[C@@H](Cc1ccccc1)[C@@H](O)CN(Cc1ccc(-c2ccccn2)cc1)NC(=O)[C@@H](NC(=O)OC)C(C)(C)C)N1CCN(Cc2ccnnc2)C1=O. The molecule has 59 heavy (non-hydrogen) atoms. The highest BCUT2D eigenvalue weighted by Gasteiger charge is 2.41. The molecule has 4 N–H and O–H groups in total. The Kier molecular flexibility index (Phi) is 15.5. The van der Waals surface area contributed by atoms with E-state index in [4.69, 9.17) is 4.74 Å². The molecule has 0 spiro atoms. The number of pyridine rings is 1. The number of aliphatic hydroxyl groups excluding tert-OH is 1. The molecule has 0 aliphatic carbocycles. The van der Waals surface area contributed by atoms with Crippen LogP contribution in [0, 0.1) is 11.3 Å². The van der Waals surface area contributed by atoms with Crippen LogP contribution in [0.25, 0.3) is 11.3 Å². The fourth-order valence-electron chi connectivity index (χ4n) is 7.10. The van der Waals surface area contributed by atoms with E-state index in [1.807, 2.05) is 107 Å². The summed E-state index contributed by atoms with van der Waals surface area (Å²) in [5, 5.41) is 27.3. The highest BCUT2D eigenvalue weighted by atomic mass is 16.5. The zero-order chi connectivity index (χ0) is 42.5. The number of ether oxygens (including phenoxy) is 1. The van der Waals surface area contributed by atoms with Gasteiger partial charge in [-0.15, -0.1) is 0 Å². The van der Waals surface area contributed by atoms with Crippen molar-refractivity contribution in [1.82, 2.24) is 46.0 Å². The van der Waals surface area contributed by atoms with Crippen molar-refractivity contribution in [1.29, 1.82) is 0 Å². The number of hydrazine groups is 1. The first-order valence-corrected chi connectivity index (χ1v) is 20.0. The third-order valence-electron chi connectivity index (χ3n) is 10.6. The van der Waals surface area contributed by atoms with Crippen molar-refractivity contribution in [3.63, 3.8) is 0 Å². The molecule has 15 nitrogen and oxygen atoms in total. The van der Waals surface area contributed by atoms with E-state index < -0.39 is 41.6 Å². The average Bonchev–Trinajstić information content (AvgIpc) is 3.58. The molecule has 0 saturated carbocycles. The minimum Gasteiger partial charge on any atom is -0.453 e. The van der Waals surface area contributed by atoms with Gasteiger partial charge in [-0.25, -0.2) is 14.6 Å². The Bertz CT molecular complexity index is 1970. The number of nitrogens with zero attached hydrogens (tertiary/aromatic N) is 6. The number of nitrogens with one attached hydrogen (secondary N) is 3. The Morgan fingerprint density at radius 1 is 0.881 bits per heavy atom. The van der Waals surface area contributed by atoms with E-state index in [2.05, 4.69) is 31.2 Å². The second-order valence-corrected chi connectivity index (χ2v) is 16.1. The van der Waals surface area contributed by atoms with Crippen molar-refractivity contribution >= 4 is 23.9 Å². The maximum Gasteiger partial charge on any atom is 0.407 e. The number of aliphatic hydroxyl groups is 1. The number of aromatic nitrogens is 3. The first-order chi connectivity index (χ1) is 28.3. The maximum atomic E-state index is 14.5. The number of alkyl carbamates (subject to hydrolysis) is 1. The first kappa shape index (κ1) is 44.2. The van der Waals surface area contributed by atoms with Gasteiger partial charge in [0.1, 0.15) is 12.1 Å². The number of urea groups is 1. The second-order valence-electron chi connectivity index (χ2n) is 16.1. The third kappa shape index (κ3) is 12.3. The molecule has 4 aromatic rings. The van der Waals surface area contributed by atoms with E-state index in [9.17, 15) is 24.3 Å². The second kappa shape index (κ2) is 20.7. The van der Waals surface area contributed by atoms with Crippen LogP contribution in [-0.4, -0.2) is 110 Å². The van der Waals surface area contributed by atoms with Crippen molar-refractivity contribution in [2.24, 2.45) is 11.3 Å². The fourth-order valence-corrected chi connectivity index (χ4v) is 7.10. The average molecular weight is 808 g/mol. The minimum absolute atomic E-state index is 0.106. The number of carbonyl (C=O) groups is 4. The van der Waals surface area contributed by atoms with Crippen molar-refractivity contribution in [3.8, 4) is 11.3 Å². The van der Waals surface area contributed by atoms with E-state index in [0.717, 1.165) is 27.9 Å². The lowest BCUT2D eigenvalue weighted by Crippen LogP contribution is -2.60. The smallest absolute Gasteiger partial charge is 0.407 e. The van der Waals surface area contributed by atoms with Crippen LogP contribution in [0.15, 0.2) is 97.5 Å². The van der Waals surface area contributed by atoms with Crippen LogP contribution in [0.1, 0.15) is 57.7 Å². The molecule has 1 fully saturated rings. The van der Waals surface area contributed by atoms with Gasteiger partial charge in [0, 0.05) is 50.7 Å². The van der Waals surface area contributed by atoms with Crippen molar-refractivity contribution < 1.29 is 29.0 Å². The summed E-state index contributed by atoms with van der Waals surface area (Å²) >= 11 is 0. The molecule has 2 aromatic carbocycles. The standard InChI is InChI=1S/C44H57N9O6/c1-7-30(2)38(53-24-23-51(43(53)58)27-33-20-22-46-47-26-33)40(55)48-36(25-31-13-9-8-10-14-31)37(54)29-52(50-41(56)39(44(3,4)5)49-42(57)59-6)28-32-16-18-34(19-17-32)35-15-11-12-21-45-35/h8-22,26,30,36-39,54H,7,23-25,27-29H2,1-6H3,(H,48,55)(H,49,57)(H,50,56)/t30?,36-,37-,38?,39+/m0/s1. The van der Waals surface area contributed by atoms with Gasteiger partial charge in [-0.05, 0) is 52.6 Å². The summed E-state index contributed by atoms with van der Waals surface area (Å²) in [5.74, 6) is -1.09. The highest BCUT2D eigenvalue weighted by Crippen LogP contribution is 2.24. The van der Waals surface area contributed by atoms with E-state index in [1.54, 1.807) is 39.5 Å². The largest absolute Gasteiger partial charge is 0.453 e. The van der Waals surface area contributed by atoms with E-state index >= 15 is 0 Å². The third-order valence-corrected chi connectivity index (χ3v) is 10.6. The highest BCUT2D eigenvalue weighted by molar-refractivity contribution is 5.88. The summed E-state index contributed by atoms with van der Waals surface area (Å²) < 4.78 is 4.82. The number of amides is 5. The number of hydrogen-bond donors (Lipinski definition) is 4. The lowest BCUT2D eigenvalue weighted by molar-refractivity contribution is -0.132. The topological polar surface area (TPSA) is 182 Å². The first-order valence-electron chi connectivity index (χ1n) is 20.0. The number of benzene rings is 2. The van der Waals surface area contributed by atoms with Crippen molar-refractivity contribution in [2.75, 3.05) is 26.7 Å². The Balaban J connectivity index is 1.41. The van der Waals surface area contributed by atoms with Crippen LogP contribution in [0.4, 0.5) is 9.59 Å². The summed E-state index contributed by atoms with van der Waals surface area (Å²) in [6.45, 7) is 10.6. The summed E-state index contributed by atoms with van der Waals surface area (Å²) in [4.78, 5) is 62.4. The molecule has 15 heteroatoms. The maximum absolute atomic E-state index is 14.5. The van der Waals surface area contributed by atoms with Crippen LogP contribution >= 0.6 is 0 Å². The number of hydrogen-bond acceptors (Lipinski definition) is 10. The van der Waals surface area contributed by atoms with Gasteiger partial charge < -0.3 is 30.3 Å². The van der Waals surface area contributed by atoms with Gasteiger partial charge in [-0.2, -0.15) is 10.2 Å². The molecule has 1 saturated heterocycles. The number of carbonyl (C=O) groups excluding carboxylic acids is 4. The fraction of sp³-hybridized carbons (Fsp3) is 0.432. The molecular formula is C44H57N9O6. The van der Waals surface area contributed by atoms with Gasteiger partial charge >= 0.3 is 12.1 Å². The summed E-state index contributed by atoms with van der Waals surface area (Å²) in [5.41, 5.74) is 6.50. The zero-order valence-electron chi connectivity index (χ0n) is 34.7. The van der Waals surface area contributed by atoms with Crippen molar-refractivity contribution in [2.45, 2.75) is 84.8 Å². The summed E-state index contributed by atoms with van der Waals surface area (Å²) in [6, 6.07) is 21.8. The van der Waals surface area contributed by atoms with Crippen LogP contribution in [-0.2, 0) is 33.8 Å². The quantitative estimate of drug-likeness (QED) is 0.104. The molecule has 2 unspecified atom stereocenters. The van der Waals surface area contributed by atoms with Gasteiger partial charge in [0.05, 0.1) is 31.1 Å². The van der Waals surface area contributed by atoms with Crippen molar-refractivity contribution in [3.05, 3.63) is 114 Å². The Morgan fingerprint density at radius 3 is 2.24 bits per heavy atom. The molecule has 5 atom stereocenters. The predicted octanol–water partition coefficient (Wildman–Crippen LogP) is 4.58.